The Morgan fingerprint density at radius 2 is 1.79 bits per heavy atom. The smallest absolute Gasteiger partial charge is 0.253 e. The van der Waals surface area contributed by atoms with E-state index in [1.165, 1.54) is 0 Å². The van der Waals surface area contributed by atoms with Crippen molar-refractivity contribution >= 4 is 38.9 Å². The molecule has 106 valence electrons. The third-order valence-corrected chi connectivity index (χ3v) is 4.01. The lowest BCUT2D eigenvalue weighted by Gasteiger charge is -2.14. The van der Waals surface area contributed by atoms with Crippen LogP contribution >= 0.6 is 23.2 Å². The van der Waals surface area contributed by atoms with Crippen LogP contribution in [0.15, 0.2) is 29.2 Å². The van der Waals surface area contributed by atoms with Crippen molar-refractivity contribution in [3.05, 3.63) is 29.8 Å². The zero-order valence-electron chi connectivity index (χ0n) is 10.6. The Bertz CT molecular complexity index is 541. The number of benzene rings is 1. The number of alkyl halides is 2. The zero-order chi connectivity index (χ0) is 14.6. The molecule has 0 bridgehead atoms. The van der Waals surface area contributed by atoms with E-state index in [0.717, 1.165) is 11.8 Å². The van der Waals surface area contributed by atoms with Gasteiger partial charge in [0.1, 0.15) is 0 Å². The van der Waals surface area contributed by atoms with Crippen molar-refractivity contribution in [2.24, 2.45) is 0 Å². The van der Waals surface area contributed by atoms with Crippen molar-refractivity contribution < 1.29 is 13.2 Å². The van der Waals surface area contributed by atoms with Gasteiger partial charge in [-0.3, -0.25) is 4.79 Å². The first-order valence-corrected chi connectivity index (χ1v) is 8.34. The molecule has 0 aliphatic heterocycles. The molecule has 1 unspecified atom stereocenters. The number of hydrogen-bond donors (Lipinski definition) is 1. The number of sulfone groups is 1. The second kappa shape index (κ2) is 6.59. The van der Waals surface area contributed by atoms with Crippen LogP contribution in [-0.4, -0.2) is 31.5 Å². The van der Waals surface area contributed by atoms with Crippen molar-refractivity contribution in [3.8, 4) is 0 Å². The van der Waals surface area contributed by atoms with Gasteiger partial charge in [0, 0.05) is 12.3 Å². The van der Waals surface area contributed by atoms with Crippen LogP contribution in [-0.2, 0) is 21.1 Å². The third kappa shape index (κ3) is 5.38. The first-order valence-electron chi connectivity index (χ1n) is 5.57. The van der Waals surface area contributed by atoms with Crippen LogP contribution in [0.4, 0.5) is 0 Å². The number of hydrogen-bond acceptors (Lipinski definition) is 3. The summed E-state index contributed by atoms with van der Waals surface area (Å²) in [5, 5.41) is 2.65. The van der Waals surface area contributed by atoms with Crippen LogP contribution in [0, 0.1) is 0 Å². The fourth-order valence-electron chi connectivity index (χ4n) is 1.58. The van der Waals surface area contributed by atoms with Crippen LogP contribution in [0.3, 0.4) is 0 Å². The molecule has 19 heavy (non-hydrogen) atoms. The van der Waals surface area contributed by atoms with E-state index in [1.54, 1.807) is 24.3 Å². The molecule has 0 radical (unpaired) electrons. The number of halogens is 2. The first-order chi connectivity index (χ1) is 8.70. The highest BCUT2D eigenvalue weighted by Crippen LogP contribution is 2.12. The molecule has 1 aromatic rings. The minimum atomic E-state index is -3.18. The van der Waals surface area contributed by atoms with Crippen LogP contribution in [0.25, 0.3) is 0 Å². The predicted molar refractivity (Wildman–Crippen MR) is 76.4 cm³/mol. The van der Waals surface area contributed by atoms with Crippen molar-refractivity contribution in [1.29, 1.82) is 0 Å². The Morgan fingerprint density at radius 1 is 1.26 bits per heavy atom. The molecular formula is C12H15Cl2NO3S. The summed E-state index contributed by atoms with van der Waals surface area (Å²) in [7, 11) is -3.18. The average molecular weight is 324 g/mol. The summed E-state index contributed by atoms with van der Waals surface area (Å²) in [6, 6.07) is 6.39. The summed E-state index contributed by atoms with van der Waals surface area (Å²) < 4.78 is 22.6. The fraction of sp³-hybridized carbons (Fsp3) is 0.417. The van der Waals surface area contributed by atoms with Gasteiger partial charge in [-0.2, -0.15) is 0 Å². The van der Waals surface area contributed by atoms with Gasteiger partial charge in [0.2, 0.25) is 0 Å². The predicted octanol–water partition coefficient (Wildman–Crippen LogP) is 1.94. The quantitative estimate of drug-likeness (QED) is 0.842. The molecule has 1 atom stereocenters. The number of rotatable bonds is 5. The summed E-state index contributed by atoms with van der Waals surface area (Å²) in [6.45, 7) is 1.82. The molecule has 0 saturated carbocycles. The molecule has 4 nitrogen and oxygen atoms in total. The van der Waals surface area contributed by atoms with Crippen LogP contribution < -0.4 is 5.32 Å². The van der Waals surface area contributed by atoms with E-state index in [2.05, 4.69) is 5.32 Å². The molecular weight excluding hydrogens is 309 g/mol. The second-order valence-corrected chi connectivity index (χ2v) is 7.44. The van der Waals surface area contributed by atoms with E-state index < -0.39 is 20.6 Å². The van der Waals surface area contributed by atoms with Gasteiger partial charge in [0.25, 0.3) is 5.91 Å². The Hall–Kier alpha value is -0.780. The average Bonchev–Trinajstić information content (AvgIpc) is 2.28. The van der Waals surface area contributed by atoms with Gasteiger partial charge < -0.3 is 5.32 Å². The lowest BCUT2D eigenvalue weighted by molar-refractivity contribution is -0.120. The molecule has 0 spiro atoms. The molecule has 0 aliphatic rings. The highest BCUT2D eigenvalue weighted by Gasteiger charge is 2.14. The molecule has 1 N–H and O–H groups in total. The zero-order valence-corrected chi connectivity index (χ0v) is 12.9. The summed E-state index contributed by atoms with van der Waals surface area (Å²) in [4.78, 5) is 10.5. The molecule has 0 aliphatic carbocycles. The number of amides is 1. The lowest BCUT2D eigenvalue weighted by Crippen LogP contribution is -2.37. The highest BCUT2D eigenvalue weighted by molar-refractivity contribution is 7.90. The standard InChI is InChI=1S/C12H15Cl2NO3S/c1-8(15-12(16)11(13)14)7-9-3-5-10(6-4-9)19(2,17)18/h3-6,8,11H,7H2,1-2H3,(H,15,16). The monoisotopic (exact) mass is 323 g/mol. The van der Waals surface area contributed by atoms with Crippen molar-refractivity contribution in [2.75, 3.05) is 6.26 Å². The Morgan fingerprint density at radius 3 is 2.21 bits per heavy atom. The van der Waals surface area contributed by atoms with Crippen LogP contribution in [0.5, 0.6) is 0 Å². The van der Waals surface area contributed by atoms with Crippen molar-refractivity contribution in [3.63, 3.8) is 0 Å². The van der Waals surface area contributed by atoms with E-state index in [9.17, 15) is 13.2 Å². The highest BCUT2D eigenvalue weighted by atomic mass is 35.5. The van der Waals surface area contributed by atoms with Gasteiger partial charge in [-0.15, -0.1) is 0 Å². The SMILES string of the molecule is CC(Cc1ccc(S(C)(=O)=O)cc1)NC(=O)C(Cl)Cl. The minimum Gasteiger partial charge on any atom is -0.351 e. The number of carbonyl (C=O) groups is 1. The summed E-state index contributed by atoms with van der Waals surface area (Å²) >= 11 is 10.9. The van der Waals surface area contributed by atoms with Gasteiger partial charge in [-0.05, 0) is 31.0 Å². The first kappa shape index (κ1) is 16.3. The van der Waals surface area contributed by atoms with Crippen molar-refractivity contribution in [2.45, 2.75) is 29.1 Å². The van der Waals surface area contributed by atoms with E-state index in [4.69, 9.17) is 23.2 Å². The summed E-state index contributed by atoms with van der Waals surface area (Å²) in [5.74, 6) is -0.441. The molecule has 1 rings (SSSR count). The van der Waals surface area contributed by atoms with Crippen LogP contribution in [0.2, 0.25) is 0 Å². The largest absolute Gasteiger partial charge is 0.351 e. The van der Waals surface area contributed by atoms with E-state index in [-0.39, 0.29) is 10.9 Å². The van der Waals surface area contributed by atoms with Gasteiger partial charge in [-0.1, -0.05) is 35.3 Å². The molecule has 7 heteroatoms. The normalized spacial score (nSPS) is 13.3. The Balaban J connectivity index is 2.66. The molecule has 1 aromatic carbocycles. The number of carbonyl (C=O) groups excluding carboxylic acids is 1. The molecule has 0 fully saturated rings. The van der Waals surface area contributed by atoms with E-state index in [0.29, 0.717) is 6.42 Å². The second-order valence-electron chi connectivity index (χ2n) is 4.33. The lowest BCUT2D eigenvalue weighted by atomic mass is 10.1. The maximum atomic E-state index is 11.3. The topological polar surface area (TPSA) is 63.2 Å². The fourth-order valence-corrected chi connectivity index (χ4v) is 2.34. The molecule has 0 aromatic heterocycles. The van der Waals surface area contributed by atoms with E-state index in [1.807, 2.05) is 6.92 Å². The van der Waals surface area contributed by atoms with Gasteiger partial charge in [0.15, 0.2) is 14.7 Å². The Labute approximate surface area is 123 Å². The summed E-state index contributed by atoms with van der Waals surface area (Å²) in [6.07, 6.45) is 1.72. The maximum Gasteiger partial charge on any atom is 0.253 e. The van der Waals surface area contributed by atoms with Gasteiger partial charge >= 0.3 is 0 Å². The minimum absolute atomic E-state index is 0.142. The molecule has 1 amide bonds. The van der Waals surface area contributed by atoms with Gasteiger partial charge in [0.05, 0.1) is 4.90 Å². The number of nitrogens with one attached hydrogen (secondary N) is 1. The van der Waals surface area contributed by atoms with Crippen molar-refractivity contribution in [1.82, 2.24) is 5.32 Å². The van der Waals surface area contributed by atoms with Crippen LogP contribution in [0.1, 0.15) is 12.5 Å². The molecule has 0 saturated heterocycles. The summed E-state index contributed by atoms with van der Waals surface area (Å²) in [5.41, 5.74) is 0.917. The maximum absolute atomic E-state index is 11.3. The Kier molecular flexibility index (Phi) is 5.64. The van der Waals surface area contributed by atoms with E-state index >= 15 is 0 Å². The third-order valence-electron chi connectivity index (χ3n) is 2.48. The molecule has 0 heterocycles. The van der Waals surface area contributed by atoms with Gasteiger partial charge in [-0.25, -0.2) is 8.42 Å².